The predicted octanol–water partition coefficient (Wildman–Crippen LogP) is 3.50. The van der Waals surface area contributed by atoms with E-state index in [4.69, 9.17) is 32.7 Å². The Morgan fingerprint density at radius 3 is 1.95 bits per heavy atom. The highest BCUT2D eigenvalue weighted by molar-refractivity contribution is 6.34. The summed E-state index contributed by atoms with van der Waals surface area (Å²) in [7, 11) is 0. The molecular weight excluding hydrogens is 287 g/mol. The lowest BCUT2D eigenvalue weighted by Crippen LogP contribution is -2.42. The molecule has 104 valence electrons. The van der Waals surface area contributed by atoms with Crippen LogP contribution in [0.5, 0.6) is 0 Å². The Labute approximate surface area is 122 Å². The molecule has 1 spiro atoms. The van der Waals surface area contributed by atoms with Crippen molar-refractivity contribution in [2.75, 3.05) is 13.2 Å². The van der Waals surface area contributed by atoms with Crippen LogP contribution in [0.3, 0.4) is 0 Å². The van der Waals surface area contributed by atoms with E-state index in [-0.39, 0.29) is 0 Å². The summed E-state index contributed by atoms with van der Waals surface area (Å²) in [5.41, 5.74) is -0.118. The molecule has 0 unspecified atom stereocenters. The molecule has 1 aromatic rings. The molecule has 1 heterocycles. The van der Waals surface area contributed by atoms with Gasteiger partial charge in [0.25, 0.3) is 0 Å². The van der Waals surface area contributed by atoms with Gasteiger partial charge in [0, 0.05) is 22.9 Å². The number of halogens is 2. The largest absolute Gasteiger partial charge is 0.385 e. The number of benzene rings is 1. The third kappa shape index (κ3) is 2.63. The highest BCUT2D eigenvalue weighted by atomic mass is 35.5. The van der Waals surface area contributed by atoms with Gasteiger partial charge in [-0.05, 0) is 36.6 Å². The summed E-state index contributed by atoms with van der Waals surface area (Å²) in [4.78, 5) is 0. The molecule has 0 atom stereocenters. The van der Waals surface area contributed by atoms with E-state index in [0.29, 0.717) is 48.9 Å². The predicted molar refractivity (Wildman–Crippen MR) is 73.5 cm³/mol. The van der Waals surface area contributed by atoms with Crippen molar-refractivity contribution in [1.29, 1.82) is 0 Å². The molecule has 1 saturated heterocycles. The maximum Gasteiger partial charge on any atom is 0.168 e. The van der Waals surface area contributed by atoms with Crippen LogP contribution in [0.15, 0.2) is 18.2 Å². The summed E-state index contributed by atoms with van der Waals surface area (Å²) >= 11 is 12.0. The lowest BCUT2D eigenvalue weighted by Gasteiger charge is -2.40. The van der Waals surface area contributed by atoms with Crippen LogP contribution in [0.1, 0.15) is 31.2 Å². The Bertz CT molecular complexity index is 453. The first-order valence-corrected chi connectivity index (χ1v) is 7.24. The minimum absolute atomic E-state index is 0.478. The average molecular weight is 303 g/mol. The van der Waals surface area contributed by atoms with E-state index in [1.807, 2.05) is 0 Å². The SMILES string of the molecule is OC1(c2cc(Cl)cc(Cl)c2)CCC2(CC1)OCCO2. The highest BCUT2D eigenvalue weighted by Gasteiger charge is 2.46. The average Bonchev–Trinajstić information content (AvgIpc) is 2.81. The van der Waals surface area contributed by atoms with Crippen LogP contribution < -0.4 is 0 Å². The summed E-state index contributed by atoms with van der Waals surface area (Å²) in [6, 6.07) is 5.23. The van der Waals surface area contributed by atoms with Crippen LogP contribution in [0.25, 0.3) is 0 Å². The maximum absolute atomic E-state index is 10.8. The normalized spacial score (nSPS) is 24.8. The monoisotopic (exact) mass is 302 g/mol. The quantitative estimate of drug-likeness (QED) is 0.863. The molecule has 3 nitrogen and oxygen atoms in total. The number of aliphatic hydroxyl groups is 1. The smallest absolute Gasteiger partial charge is 0.168 e. The van der Waals surface area contributed by atoms with E-state index < -0.39 is 11.4 Å². The Balaban J connectivity index is 1.81. The fraction of sp³-hybridized carbons (Fsp3) is 0.571. The zero-order valence-electron chi connectivity index (χ0n) is 10.5. The fourth-order valence-electron chi connectivity index (χ4n) is 2.94. The van der Waals surface area contributed by atoms with E-state index in [1.165, 1.54) is 0 Å². The van der Waals surface area contributed by atoms with Gasteiger partial charge in [-0.2, -0.15) is 0 Å². The van der Waals surface area contributed by atoms with Crippen LogP contribution in [0.2, 0.25) is 10.0 Å². The Morgan fingerprint density at radius 2 is 1.42 bits per heavy atom. The van der Waals surface area contributed by atoms with Gasteiger partial charge < -0.3 is 14.6 Å². The van der Waals surface area contributed by atoms with Crippen LogP contribution in [-0.2, 0) is 15.1 Å². The summed E-state index contributed by atoms with van der Waals surface area (Å²) in [6.07, 6.45) is 2.55. The summed E-state index contributed by atoms with van der Waals surface area (Å²) < 4.78 is 11.3. The van der Waals surface area contributed by atoms with Crippen LogP contribution in [0.4, 0.5) is 0 Å². The molecule has 19 heavy (non-hydrogen) atoms. The van der Waals surface area contributed by atoms with Crippen LogP contribution in [-0.4, -0.2) is 24.1 Å². The molecule has 0 aromatic heterocycles. The van der Waals surface area contributed by atoms with E-state index in [0.717, 1.165) is 5.56 Å². The molecule has 1 aliphatic heterocycles. The minimum Gasteiger partial charge on any atom is -0.385 e. The first kappa shape index (κ1) is 13.7. The molecule has 1 aromatic carbocycles. The molecule has 2 aliphatic rings. The van der Waals surface area contributed by atoms with Gasteiger partial charge in [0.15, 0.2) is 5.79 Å². The first-order valence-electron chi connectivity index (χ1n) is 6.48. The van der Waals surface area contributed by atoms with Crippen molar-refractivity contribution >= 4 is 23.2 Å². The van der Waals surface area contributed by atoms with Crippen molar-refractivity contribution < 1.29 is 14.6 Å². The van der Waals surface area contributed by atoms with Gasteiger partial charge in [0.2, 0.25) is 0 Å². The van der Waals surface area contributed by atoms with E-state index >= 15 is 0 Å². The van der Waals surface area contributed by atoms with Crippen molar-refractivity contribution in [2.45, 2.75) is 37.1 Å². The van der Waals surface area contributed by atoms with Crippen LogP contribution in [0, 0.1) is 0 Å². The standard InChI is InChI=1S/C14H16Cl2O3/c15-11-7-10(8-12(16)9-11)13(17)1-3-14(4-2-13)18-5-6-19-14/h7-9,17H,1-6H2. The second-order valence-electron chi connectivity index (χ2n) is 5.30. The van der Waals surface area contributed by atoms with Gasteiger partial charge in [-0.25, -0.2) is 0 Å². The second kappa shape index (κ2) is 4.90. The molecule has 0 radical (unpaired) electrons. The third-order valence-corrected chi connectivity index (χ3v) is 4.49. The lowest BCUT2D eigenvalue weighted by molar-refractivity contribution is -0.204. The first-order chi connectivity index (χ1) is 9.01. The van der Waals surface area contributed by atoms with Crippen molar-refractivity contribution in [3.63, 3.8) is 0 Å². The minimum atomic E-state index is -0.894. The van der Waals surface area contributed by atoms with Gasteiger partial charge in [-0.3, -0.25) is 0 Å². The number of hydrogen-bond acceptors (Lipinski definition) is 3. The van der Waals surface area contributed by atoms with Gasteiger partial charge in [0.1, 0.15) is 0 Å². The summed E-state index contributed by atoms with van der Waals surface area (Å²) in [6.45, 7) is 1.28. The zero-order chi connectivity index (χ0) is 13.5. The van der Waals surface area contributed by atoms with E-state index in [2.05, 4.69) is 0 Å². The van der Waals surface area contributed by atoms with Crippen molar-refractivity contribution in [3.8, 4) is 0 Å². The Kier molecular flexibility index (Phi) is 3.52. The summed E-state index contributed by atoms with van der Waals surface area (Å²) in [5.74, 6) is -0.478. The van der Waals surface area contributed by atoms with Gasteiger partial charge >= 0.3 is 0 Å². The van der Waals surface area contributed by atoms with Crippen molar-refractivity contribution in [2.24, 2.45) is 0 Å². The Morgan fingerprint density at radius 1 is 0.895 bits per heavy atom. The number of ether oxygens (including phenoxy) is 2. The van der Waals surface area contributed by atoms with Gasteiger partial charge in [-0.1, -0.05) is 23.2 Å². The van der Waals surface area contributed by atoms with E-state index in [9.17, 15) is 5.11 Å². The third-order valence-electron chi connectivity index (χ3n) is 4.05. The van der Waals surface area contributed by atoms with Crippen LogP contribution >= 0.6 is 23.2 Å². The molecule has 3 rings (SSSR count). The molecule has 1 aliphatic carbocycles. The lowest BCUT2D eigenvalue weighted by atomic mass is 9.77. The van der Waals surface area contributed by atoms with E-state index in [1.54, 1.807) is 18.2 Å². The number of hydrogen-bond donors (Lipinski definition) is 1. The molecule has 5 heteroatoms. The maximum atomic E-state index is 10.8. The molecule has 1 saturated carbocycles. The molecule has 1 N–H and O–H groups in total. The molecule has 0 bridgehead atoms. The molecule has 2 fully saturated rings. The molecular formula is C14H16Cl2O3. The highest BCUT2D eigenvalue weighted by Crippen LogP contribution is 2.45. The Hall–Kier alpha value is -0.320. The summed E-state index contributed by atoms with van der Waals surface area (Å²) in [5, 5.41) is 11.9. The van der Waals surface area contributed by atoms with Gasteiger partial charge in [-0.15, -0.1) is 0 Å². The topological polar surface area (TPSA) is 38.7 Å². The second-order valence-corrected chi connectivity index (χ2v) is 6.17. The van der Waals surface area contributed by atoms with Crippen molar-refractivity contribution in [3.05, 3.63) is 33.8 Å². The van der Waals surface area contributed by atoms with Crippen molar-refractivity contribution in [1.82, 2.24) is 0 Å². The van der Waals surface area contributed by atoms with Gasteiger partial charge in [0.05, 0.1) is 18.8 Å². The fourth-order valence-corrected chi connectivity index (χ4v) is 3.47. The number of rotatable bonds is 1. The zero-order valence-corrected chi connectivity index (χ0v) is 12.0. The molecule has 0 amide bonds.